The molecule has 1 aliphatic carbocycles. The smallest absolute Gasteiger partial charge is 0.306 e. The van der Waals surface area contributed by atoms with Gasteiger partial charge in [0.1, 0.15) is 18.9 Å². The van der Waals surface area contributed by atoms with Crippen molar-refractivity contribution >= 4 is 22.4 Å². The summed E-state index contributed by atoms with van der Waals surface area (Å²) in [6.45, 7) is 7.50. The van der Waals surface area contributed by atoms with Crippen molar-refractivity contribution in [3.8, 4) is 23.0 Å². The largest absolute Gasteiger partial charge is 0.473 e. The normalized spacial score (nSPS) is 18.0. The maximum absolute atomic E-state index is 12.3. The molecule has 2 aliphatic rings. The lowest BCUT2D eigenvalue weighted by atomic mass is 9.83. The first-order valence-corrected chi connectivity index (χ1v) is 18.8. The van der Waals surface area contributed by atoms with Gasteiger partial charge in [0.25, 0.3) is 0 Å². The molecule has 270 valence electrons. The molecule has 0 amide bonds. The first-order chi connectivity index (χ1) is 25.4. The average molecular weight is 699 g/mol. The highest BCUT2D eigenvalue weighted by Gasteiger charge is 2.29. The molecule has 0 saturated heterocycles. The summed E-state index contributed by atoms with van der Waals surface area (Å²) in [7, 11) is 2.00. The summed E-state index contributed by atoms with van der Waals surface area (Å²) in [6, 6.07) is 31.4. The van der Waals surface area contributed by atoms with Crippen LogP contribution in [0, 0.1) is 11.8 Å². The summed E-state index contributed by atoms with van der Waals surface area (Å²) in [6.07, 6.45) is 8.50. The second kappa shape index (κ2) is 16.6. The molecule has 0 radical (unpaired) electrons. The highest BCUT2D eigenvalue weighted by atomic mass is 16.5. The van der Waals surface area contributed by atoms with E-state index in [1.807, 2.05) is 84.5 Å². The molecule has 3 heterocycles. The Morgan fingerprint density at radius 3 is 2.25 bits per heavy atom. The van der Waals surface area contributed by atoms with Gasteiger partial charge in [-0.2, -0.15) is 10.1 Å². The van der Waals surface area contributed by atoms with Crippen molar-refractivity contribution in [1.29, 1.82) is 0 Å². The quantitative estimate of drug-likeness (QED) is 0.114. The fourth-order valence-electron chi connectivity index (χ4n) is 7.45. The molecular weight excluding hydrogens is 649 g/mol. The van der Waals surface area contributed by atoms with Crippen LogP contribution in [-0.2, 0) is 29.8 Å². The number of hydrogen-bond acceptors (Lipinski definition) is 7. The minimum atomic E-state index is -0.0317. The van der Waals surface area contributed by atoms with Crippen molar-refractivity contribution in [2.45, 2.75) is 71.6 Å². The highest BCUT2D eigenvalue weighted by Crippen LogP contribution is 2.37. The van der Waals surface area contributed by atoms with Crippen molar-refractivity contribution in [2.75, 3.05) is 19.7 Å². The Morgan fingerprint density at radius 1 is 0.865 bits per heavy atom. The predicted octanol–water partition coefficient (Wildman–Crippen LogP) is 9.03. The summed E-state index contributed by atoms with van der Waals surface area (Å²) in [4.78, 5) is 19.7. The van der Waals surface area contributed by atoms with Gasteiger partial charge >= 0.3 is 5.97 Å². The minimum absolute atomic E-state index is 0.0317. The summed E-state index contributed by atoms with van der Waals surface area (Å²) in [5.41, 5.74) is 7.50. The Hall–Kier alpha value is -4.95. The Kier molecular flexibility index (Phi) is 11.3. The molecule has 0 atom stereocenters. The van der Waals surface area contributed by atoms with Crippen molar-refractivity contribution in [1.82, 2.24) is 19.7 Å². The van der Waals surface area contributed by atoms with E-state index >= 15 is 0 Å². The van der Waals surface area contributed by atoms with Gasteiger partial charge in [-0.25, -0.2) is 0 Å². The number of carbonyl (C=O) groups excluding carboxylic acids is 1. The summed E-state index contributed by atoms with van der Waals surface area (Å²) in [5, 5.41) is 6.05. The van der Waals surface area contributed by atoms with Crippen molar-refractivity contribution < 1.29 is 19.0 Å². The van der Waals surface area contributed by atoms with Crippen LogP contribution in [0.15, 0.2) is 97.1 Å². The number of fused-ring (bicyclic) bond motifs is 1. The standard InChI is InChI=1S/C44H50N4O4/c1-31(2)28-51-42(49)26-32-14-17-37(18-15-32)48-24-22-35(23-25-48)36-16-19-38-40(27-36)47(3)46-43(38)39-20-21-41(50-29-33-10-6-4-7-11-33)45-44(39)52-30-34-12-8-5-9-13-34/h4-13,16,19-22,27,31-32,37H,14-15,17-18,23-26,28-30H2,1-3H3. The maximum Gasteiger partial charge on any atom is 0.306 e. The number of aromatic nitrogens is 3. The molecule has 0 spiro atoms. The van der Waals surface area contributed by atoms with Crippen molar-refractivity contribution in [2.24, 2.45) is 18.9 Å². The van der Waals surface area contributed by atoms with Gasteiger partial charge in [-0.05, 0) is 84.4 Å². The van der Waals surface area contributed by atoms with Gasteiger partial charge in [-0.15, -0.1) is 0 Å². The lowest BCUT2D eigenvalue weighted by Gasteiger charge is -2.38. The van der Waals surface area contributed by atoms with E-state index in [1.165, 1.54) is 11.1 Å². The first-order valence-electron chi connectivity index (χ1n) is 18.8. The summed E-state index contributed by atoms with van der Waals surface area (Å²) in [5.74, 6) is 1.80. The third-order valence-electron chi connectivity index (χ3n) is 10.4. The number of nitrogens with zero attached hydrogens (tertiary/aromatic N) is 4. The van der Waals surface area contributed by atoms with Crippen LogP contribution in [0.3, 0.4) is 0 Å². The maximum atomic E-state index is 12.3. The number of aryl methyl sites for hydroxylation is 1. The molecule has 52 heavy (non-hydrogen) atoms. The lowest BCUT2D eigenvalue weighted by molar-refractivity contribution is -0.146. The molecule has 8 nitrogen and oxygen atoms in total. The van der Waals surface area contributed by atoms with Crippen LogP contribution >= 0.6 is 0 Å². The van der Waals surface area contributed by atoms with Crippen LogP contribution in [0.5, 0.6) is 11.8 Å². The van der Waals surface area contributed by atoms with E-state index < -0.39 is 0 Å². The van der Waals surface area contributed by atoms with Gasteiger partial charge in [-0.1, -0.05) is 86.7 Å². The van der Waals surface area contributed by atoms with Crippen LogP contribution in [0.4, 0.5) is 0 Å². The van der Waals surface area contributed by atoms with Gasteiger partial charge in [0, 0.05) is 44.1 Å². The van der Waals surface area contributed by atoms with E-state index in [4.69, 9.17) is 24.3 Å². The number of carbonyl (C=O) groups is 1. The topological polar surface area (TPSA) is 78.7 Å². The van der Waals surface area contributed by atoms with Crippen LogP contribution < -0.4 is 9.47 Å². The number of hydrogen-bond donors (Lipinski definition) is 0. The van der Waals surface area contributed by atoms with Crippen molar-refractivity contribution in [3.63, 3.8) is 0 Å². The molecule has 8 heteroatoms. The van der Waals surface area contributed by atoms with E-state index in [1.54, 1.807) is 0 Å². The summed E-state index contributed by atoms with van der Waals surface area (Å²) < 4.78 is 19.9. The SMILES string of the molecule is CC(C)COC(=O)CC1CCC(N2CC=C(c3ccc4c(-c5ccc(OCc6ccccc6)nc5OCc5ccccc5)nn(C)c4c3)CC2)CC1. The van der Waals surface area contributed by atoms with E-state index in [-0.39, 0.29) is 5.97 Å². The Labute approximate surface area is 307 Å². The van der Waals surface area contributed by atoms with E-state index in [0.717, 1.165) is 78.5 Å². The van der Waals surface area contributed by atoms with E-state index in [0.29, 0.717) is 55.9 Å². The number of rotatable bonds is 13. The van der Waals surface area contributed by atoms with Gasteiger partial charge in [-0.3, -0.25) is 14.4 Å². The van der Waals surface area contributed by atoms with Gasteiger partial charge in [0.15, 0.2) is 0 Å². The zero-order valence-electron chi connectivity index (χ0n) is 30.7. The van der Waals surface area contributed by atoms with E-state index in [2.05, 4.69) is 43.0 Å². The highest BCUT2D eigenvalue weighted by molar-refractivity contribution is 5.96. The second-order valence-corrected chi connectivity index (χ2v) is 14.7. The number of benzene rings is 3. The fraction of sp³-hybridized carbons (Fsp3) is 0.386. The van der Waals surface area contributed by atoms with Gasteiger partial charge in [0.05, 0.1) is 17.7 Å². The molecule has 1 aliphatic heterocycles. The van der Waals surface area contributed by atoms with Crippen LogP contribution in [0.25, 0.3) is 27.7 Å². The summed E-state index contributed by atoms with van der Waals surface area (Å²) >= 11 is 0. The number of pyridine rings is 1. The fourth-order valence-corrected chi connectivity index (χ4v) is 7.45. The Bertz CT molecular complexity index is 1980. The van der Waals surface area contributed by atoms with Crippen LogP contribution in [0.2, 0.25) is 0 Å². The third kappa shape index (κ3) is 8.73. The Morgan fingerprint density at radius 2 is 1.58 bits per heavy atom. The first kappa shape index (κ1) is 35.5. The predicted molar refractivity (Wildman–Crippen MR) is 206 cm³/mol. The molecular formula is C44H50N4O4. The van der Waals surface area contributed by atoms with Gasteiger partial charge in [0.2, 0.25) is 11.8 Å². The molecule has 1 saturated carbocycles. The molecule has 7 rings (SSSR count). The van der Waals surface area contributed by atoms with Crippen LogP contribution in [-0.4, -0.2) is 51.4 Å². The molecule has 0 N–H and O–H groups in total. The lowest BCUT2D eigenvalue weighted by Crippen LogP contribution is -2.40. The van der Waals surface area contributed by atoms with Crippen LogP contribution in [0.1, 0.15) is 69.1 Å². The Balaban J connectivity index is 1.04. The monoisotopic (exact) mass is 698 g/mol. The molecule has 0 bridgehead atoms. The number of esters is 1. The van der Waals surface area contributed by atoms with E-state index in [9.17, 15) is 4.79 Å². The minimum Gasteiger partial charge on any atom is -0.473 e. The van der Waals surface area contributed by atoms with Crippen molar-refractivity contribution in [3.05, 3.63) is 114 Å². The van der Waals surface area contributed by atoms with Gasteiger partial charge < -0.3 is 14.2 Å². The molecule has 5 aromatic rings. The molecule has 1 fully saturated rings. The average Bonchev–Trinajstić information content (AvgIpc) is 3.51. The molecule has 3 aromatic carbocycles. The zero-order valence-corrected chi connectivity index (χ0v) is 30.7. The molecule has 2 aromatic heterocycles. The molecule has 0 unspecified atom stereocenters. The second-order valence-electron chi connectivity index (χ2n) is 14.7. The zero-order chi connectivity index (χ0) is 35.9. The third-order valence-corrected chi connectivity index (χ3v) is 10.4. The number of ether oxygens (including phenoxy) is 3.